The van der Waals surface area contributed by atoms with Crippen LogP contribution in [0.5, 0.6) is 0 Å². The number of hydrogen-bond donors (Lipinski definition) is 2. The molecule has 2 N–H and O–H groups in total. The number of aliphatic hydroxyl groups is 1. The molecule has 2 aliphatic rings. The lowest BCUT2D eigenvalue weighted by Crippen LogP contribution is -2.54. The van der Waals surface area contributed by atoms with Gasteiger partial charge in [-0.2, -0.15) is 0 Å². The molecule has 0 bridgehead atoms. The number of pyridine rings is 2. The van der Waals surface area contributed by atoms with Crippen LogP contribution in [0.2, 0.25) is 0 Å². The highest BCUT2D eigenvalue weighted by Crippen LogP contribution is 2.46. The summed E-state index contributed by atoms with van der Waals surface area (Å²) in [6, 6.07) is 11.4. The van der Waals surface area contributed by atoms with Crippen molar-refractivity contribution in [1.82, 2.24) is 14.9 Å². The van der Waals surface area contributed by atoms with Gasteiger partial charge in [0.1, 0.15) is 11.4 Å². The highest BCUT2D eigenvalue weighted by Gasteiger charge is 2.34. The Labute approximate surface area is 209 Å². The van der Waals surface area contributed by atoms with Crippen LogP contribution in [0.3, 0.4) is 0 Å². The molecule has 5 rings (SSSR count). The average molecular weight is 487 g/mol. The Kier molecular flexibility index (Phi) is 6.45. The Hall–Kier alpha value is -3.78. The summed E-state index contributed by atoms with van der Waals surface area (Å²) in [5.74, 6) is -0.363. The lowest BCUT2D eigenvalue weighted by Gasteiger charge is -2.41. The van der Waals surface area contributed by atoms with Gasteiger partial charge in [-0.3, -0.25) is 4.79 Å². The van der Waals surface area contributed by atoms with E-state index >= 15 is 0 Å². The number of hydrogen-bond acceptors (Lipinski definition) is 6. The van der Waals surface area contributed by atoms with Gasteiger partial charge >= 0.3 is 5.97 Å². The van der Waals surface area contributed by atoms with Gasteiger partial charge in [-0.05, 0) is 49.6 Å². The second-order valence-corrected chi connectivity index (χ2v) is 9.54. The molecular weight excluding hydrogens is 456 g/mol. The van der Waals surface area contributed by atoms with Crippen LogP contribution in [0.15, 0.2) is 43.0 Å². The lowest BCUT2D eigenvalue weighted by atomic mass is 9.95. The molecule has 1 saturated carbocycles. The van der Waals surface area contributed by atoms with Crippen molar-refractivity contribution >= 4 is 34.7 Å². The lowest BCUT2D eigenvalue weighted by molar-refractivity contribution is -0.134. The number of carbonyl (C=O) groups is 2. The highest BCUT2D eigenvalue weighted by atomic mass is 16.4. The van der Waals surface area contributed by atoms with Crippen molar-refractivity contribution in [1.29, 1.82) is 0 Å². The van der Waals surface area contributed by atoms with E-state index in [1.807, 2.05) is 42.2 Å². The van der Waals surface area contributed by atoms with Gasteiger partial charge < -0.3 is 20.0 Å². The minimum Gasteiger partial charge on any atom is -0.478 e. The first-order valence-electron chi connectivity index (χ1n) is 12.4. The molecule has 36 heavy (non-hydrogen) atoms. The van der Waals surface area contributed by atoms with Crippen molar-refractivity contribution in [2.24, 2.45) is 0 Å². The van der Waals surface area contributed by atoms with Gasteiger partial charge in [0.25, 0.3) is 0 Å². The number of aromatic carboxylic acids is 1. The van der Waals surface area contributed by atoms with Gasteiger partial charge in [-0.15, -0.1) is 0 Å². The van der Waals surface area contributed by atoms with Crippen molar-refractivity contribution in [2.75, 3.05) is 31.1 Å². The largest absolute Gasteiger partial charge is 0.478 e. The summed E-state index contributed by atoms with van der Waals surface area (Å²) in [6.07, 6.45) is 3.85. The zero-order valence-electron chi connectivity index (χ0n) is 20.4. The molecule has 1 amide bonds. The van der Waals surface area contributed by atoms with Crippen molar-refractivity contribution in [3.05, 3.63) is 59.9 Å². The zero-order chi connectivity index (χ0) is 25.4. The standard InChI is InChI=1S/C28H30N4O4/c1-3-19-9-10-21-20(5-4-6-24(21)29-19)22-15-23(28(35)36)27(30-26(22)18-7-8-18)31-12-13-32(17(2)16-31)25(34)11-14-33/h3-6,9-10,15,17-18,33H,1,7-8,11-14,16H2,2H3,(H,35,36)/t17-/m1/s1. The number of benzene rings is 1. The Bertz CT molecular complexity index is 1350. The Morgan fingerprint density at radius 1 is 1.14 bits per heavy atom. The van der Waals surface area contributed by atoms with Crippen molar-refractivity contribution in [3.63, 3.8) is 0 Å². The molecule has 1 atom stereocenters. The third-order valence-electron chi connectivity index (χ3n) is 7.05. The number of amides is 1. The maximum atomic E-state index is 12.4. The summed E-state index contributed by atoms with van der Waals surface area (Å²) in [4.78, 5) is 38.2. The number of aromatic nitrogens is 2. The minimum atomic E-state index is -1.03. The summed E-state index contributed by atoms with van der Waals surface area (Å²) in [6.45, 7) is 7.00. The predicted molar refractivity (Wildman–Crippen MR) is 139 cm³/mol. The fourth-order valence-electron chi connectivity index (χ4n) is 5.08. The van der Waals surface area contributed by atoms with E-state index in [-0.39, 0.29) is 30.5 Å². The van der Waals surface area contributed by atoms with Crippen molar-refractivity contribution in [2.45, 2.75) is 38.1 Å². The Balaban J connectivity index is 1.58. The summed E-state index contributed by atoms with van der Waals surface area (Å²) in [5, 5.41) is 20.3. The summed E-state index contributed by atoms with van der Waals surface area (Å²) in [7, 11) is 0. The molecule has 3 aromatic rings. The van der Waals surface area contributed by atoms with Crippen LogP contribution in [0.4, 0.5) is 5.82 Å². The molecule has 0 unspecified atom stereocenters. The average Bonchev–Trinajstić information content (AvgIpc) is 3.72. The molecule has 1 aromatic carbocycles. The van der Waals surface area contributed by atoms with Crippen LogP contribution in [0.25, 0.3) is 28.1 Å². The van der Waals surface area contributed by atoms with E-state index in [1.165, 1.54) is 0 Å². The second-order valence-electron chi connectivity index (χ2n) is 9.54. The summed E-state index contributed by atoms with van der Waals surface area (Å²) < 4.78 is 0. The van der Waals surface area contributed by atoms with E-state index in [0.29, 0.717) is 31.4 Å². The van der Waals surface area contributed by atoms with E-state index in [4.69, 9.17) is 10.1 Å². The quantitative estimate of drug-likeness (QED) is 0.521. The maximum Gasteiger partial charge on any atom is 0.339 e. The van der Waals surface area contributed by atoms with Crippen LogP contribution >= 0.6 is 0 Å². The predicted octanol–water partition coefficient (Wildman–Crippen LogP) is 3.93. The molecule has 8 nitrogen and oxygen atoms in total. The summed E-state index contributed by atoms with van der Waals surface area (Å²) >= 11 is 0. The summed E-state index contributed by atoms with van der Waals surface area (Å²) in [5.41, 5.74) is 4.44. The number of piperazine rings is 1. The molecular formula is C28H30N4O4. The molecule has 2 fully saturated rings. The third-order valence-corrected chi connectivity index (χ3v) is 7.05. The van der Waals surface area contributed by atoms with Crippen LogP contribution in [0.1, 0.15) is 53.8 Å². The number of carboxylic acids is 1. The fourth-order valence-corrected chi connectivity index (χ4v) is 5.08. The van der Waals surface area contributed by atoms with Crippen LogP contribution in [0, 0.1) is 0 Å². The molecule has 8 heteroatoms. The van der Waals surface area contributed by atoms with E-state index in [0.717, 1.165) is 46.3 Å². The molecule has 0 spiro atoms. The number of carbonyl (C=O) groups excluding carboxylic acids is 1. The van der Waals surface area contributed by atoms with Gasteiger partial charge in [0.15, 0.2) is 0 Å². The van der Waals surface area contributed by atoms with Gasteiger partial charge in [-0.1, -0.05) is 24.8 Å². The number of aliphatic hydroxyl groups excluding tert-OH is 1. The molecule has 1 saturated heterocycles. The minimum absolute atomic E-state index is 0.0886. The van der Waals surface area contributed by atoms with Crippen molar-refractivity contribution in [3.8, 4) is 11.1 Å². The molecule has 2 aromatic heterocycles. The first kappa shape index (κ1) is 23.9. The number of rotatable bonds is 7. The monoisotopic (exact) mass is 486 g/mol. The zero-order valence-corrected chi connectivity index (χ0v) is 20.4. The first-order chi connectivity index (χ1) is 17.4. The number of carboxylic acid groups (broad SMARTS) is 1. The smallest absolute Gasteiger partial charge is 0.339 e. The molecule has 186 valence electrons. The van der Waals surface area contributed by atoms with Gasteiger partial charge in [-0.25, -0.2) is 14.8 Å². The normalized spacial score (nSPS) is 17.9. The Morgan fingerprint density at radius 2 is 1.94 bits per heavy atom. The highest BCUT2D eigenvalue weighted by molar-refractivity contribution is 6.00. The fraction of sp³-hybridized carbons (Fsp3) is 0.357. The number of anilines is 1. The Morgan fingerprint density at radius 3 is 2.61 bits per heavy atom. The topological polar surface area (TPSA) is 107 Å². The van der Waals surface area contributed by atoms with Gasteiger partial charge in [0.2, 0.25) is 5.91 Å². The maximum absolute atomic E-state index is 12.4. The van der Waals surface area contributed by atoms with Gasteiger partial charge in [0.05, 0.1) is 23.5 Å². The first-order valence-corrected chi connectivity index (χ1v) is 12.4. The van der Waals surface area contributed by atoms with E-state index in [1.54, 1.807) is 17.0 Å². The SMILES string of the molecule is C=Cc1ccc2c(-c3cc(C(=O)O)c(N4CCN(C(=O)CCO)[C@H](C)C4)nc3C3CC3)cccc2n1. The van der Waals surface area contributed by atoms with Crippen LogP contribution in [-0.4, -0.2) is 69.2 Å². The third kappa shape index (κ3) is 4.44. The number of fused-ring (bicyclic) bond motifs is 1. The molecule has 3 heterocycles. The van der Waals surface area contributed by atoms with E-state index < -0.39 is 5.97 Å². The molecule has 1 aliphatic heterocycles. The van der Waals surface area contributed by atoms with Gasteiger partial charge in [0, 0.05) is 49.0 Å². The van der Waals surface area contributed by atoms with Crippen molar-refractivity contribution < 1.29 is 19.8 Å². The van der Waals surface area contributed by atoms with Crippen LogP contribution in [-0.2, 0) is 4.79 Å². The molecule has 1 aliphatic carbocycles. The number of nitrogens with zero attached hydrogens (tertiary/aromatic N) is 4. The second kappa shape index (κ2) is 9.70. The molecule has 0 radical (unpaired) electrons. The van der Waals surface area contributed by atoms with E-state index in [9.17, 15) is 14.7 Å². The van der Waals surface area contributed by atoms with E-state index in [2.05, 4.69) is 11.6 Å². The van der Waals surface area contributed by atoms with Crippen LogP contribution < -0.4 is 4.90 Å².